The number of amidine groups is 1. The van der Waals surface area contributed by atoms with E-state index in [4.69, 9.17) is 11.1 Å². The Hall–Kier alpha value is -0.570. The average Bonchev–Trinajstić information content (AvgIpc) is 2.09. The summed E-state index contributed by atoms with van der Waals surface area (Å²) in [7, 11) is 0. The minimum Gasteiger partial charge on any atom is -0.387 e. The van der Waals surface area contributed by atoms with E-state index in [-0.39, 0.29) is 0 Å². The van der Waals surface area contributed by atoms with Crippen LogP contribution in [0.1, 0.15) is 33.1 Å². The van der Waals surface area contributed by atoms with Crippen molar-refractivity contribution in [2.45, 2.75) is 33.1 Å². The first-order valence-electron chi connectivity index (χ1n) is 5.11. The number of piperidine rings is 1. The van der Waals surface area contributed by atoms with E-state index >= 15 is 0 Å². The zero-order valence-corrected chi connectivity index (χ0v) is 8.77. The monoisotopic (exact) mass is 183 g/mol. The minimum atomic E-state index is 0.292. The Morgan fingerprint density at radius 2 is 2.00 bits per heavy atom. The van der Waals surface area contributed by atoms with Crippen LogP contribution in [0.2, 0.25) is 0 Å². The molecule has 0 aromatic rings. The van der Waals surface area contributed by atoms with E-state index in [2.05, 4.69) is 18.7 Å². The second-order valence-electron chi connectivity index (χ2n) is 4.47. The number of nitrogens with two attached hydrogens (primary N) is 1. The van der Waals surface area contributed by atoms with Gasteiger partial charge in [0.1, 0.15) is 5.84 Å². The van der Waals surface area contributed by atoms with Crippen molar-refractivity contribution in [3.8, 4) is 0 Å². The summed E-state index contributed by atoms with van der Waals surface area (Å²) in [6, 6.07) is 0. The van der Waals surface area contributed by atoms with Crippen molar-refractivity contribution < 1.29 is 0 Å². The number of likely N-dealkylation sites (tertiary alicyclic amines) is 1. The normalized spacial score (nSPS) is 22.9. The van der Waals surface area contributed by atoms with Crippen LogP contribution >= 0.6 is 0 Å². The van der Waals surface area contributed by atoms with Crippen molar-refractivity contribution in [2.24, 2.45) is 11.1 Å². The van der Waals surface area contributed by atoms with Gasteiger partial charge in [0.05, 0.1) is 6.54 Å². The molecule has 1 heterocycles. The van der Waals surface area contributed by atoms with E-state index in [1.807, 2.05) is 0 Å². The zero-order chi connectivity index (χ0) is 9.90. The molecule has 0 aliphatic carbocycles. The Morgan fingerprint density at radius 3 is 2.38 bits per heavy atom. The van der Waals surface area contributed by atoms with Crippen LogP contribution in [-0.2, 0) is 0 Å². The summed E-state index contributed by atoms with van der Waals surface area (Å²) in [6.07, 6.45) is 3.76. The first-order chi connectivity index (χ1) is 6.06. The molecule has 0 bridgehead atoms. The number of rotatable bonds is 3. The largest absolute Gasteiger partial charge is 0.387 e. The lowest BCUT2D eigenvalue weighted by Gasteiger charge is -2.38. The molecular formula is C10H21N3. The van der Waals surface area contributed by atoms with Crippen molar-refractivity contribution in [2.75, 3.05) is 19.6 Å². The lowest BCUT2D eigenvalue weighted by atomic mass is 9.78. The van der Waals surface area contributed by atoms with Crippen LogP contribution in [0.4, 0.5) is 0 Å². The summed E-state index contributed by atoms with van der Waals surface area (Å²) in [5.41, 5.74) is 5.90. The first kappa shape index (κ1) is 10.5. The molecular weight excluding hydrogens is 162 g/mol. The third-order valence-corrected chi connectivity index (χ3v) is 3.31. The van der Waals surface area contributed by atoms with Gasteiger partial charge in [-0.3, -0.25) is 10.3 Å². The second-order valence-corrected chi connectivity index (χ2v) is 4.47. The standard InChI is InChI=1S/C10H21N3/c1-3-10(2)4-6-13(7-5-10)8-9(11)12/h3-8H2,1-2H3,(H3,11,12). The van der Waals surface area contributed by atoms with Crippen LogP contribution in [0, 0.1) is 10.8 Å². The highest BCUT2D eigenvalue weighted by molar-refractivity contribution is 5.78. The van der Waals surface area contributed by atoms with E-state index in [0.29, 0.717) is 17.8 Å². The van der Waals surface area contributed by atoms with E-state index in [0.717, 1.165) is 13.1 Å². The quantitative estimate of drug-likeness (QED) is 0.514. The molecule has 1 saturated heterocycles. The molecule has 1 rings (SSSR count). The lowest BCUT2D eigenvalue weighted by Crippen LogP contribution is -2.42. The van der Waals surface area contributed by atoms with Crippen molar-refractivity contribution in [1.82, 2.24) is 4.90 Å². The predicted octanol–water partition coefficient (Wildman–Crippen LogP) is 1.43. The average molecular weight is 183 g/mol. The Labute approximate surface area is 80.8 Å². The summed E-state index contributed by atoms with van der Waals surface area (Å²) in [5.74, 6) is 0.292. The molecule has 1 aliphatic heterocycles. The SMILES string of the molecule is CCC1(C)CCN(CC(=N)N)CC1. The van der Waals surface area contributed by atoms with Crippen LogP contribution in [-0.4, -0.2) is 30.4 Å². The number of nitrogens with zero attached hydrogens (tertiary/aromatic N) is 1. The molecule has 76 valence electrons. The molecule has 0 saturated carbocycles. The molecule has 0 aromatic carbocycles. The molecule has 0 atom stereocenters. The fourth-order valence-corrected chi connectivity index (χ4v) is 1.85. The first-order valence-corrected chi connectivity index (χ1v) is 5.11. The van der Waals surface area contributed by atoms with Crippen molar-refractivity contribution in [3.63, 3.8) is 0 Å². The van der Waals surface area contributed by atoms with Gasteiger partial charge in [-0.1, -0.05) is 20.3 Å². The number of hydrogen-bond acceptors (Lipinski definition) is 2. The van der Waals surface area contributed by atoms with Gasteiger partial charge in [0.2, 0.25) is 0 Å². The van der Waals surface area contributed by atoms with Crippen molar-refractivity contribution in [3.05, 3.63) is 0 Å². The Morgan fingerprint density at radius 1 is 1.46 bits per heavy atom. The van der Waals surface area contributed by atoms with E-state index < -0.39 is 0 Å². The molecule has 3 heteroatoms. The zero-order valence-electron chi connectivity index (χ0n) is 8.77. The summed E-state index contributed by atoms with van der Waals surface area (Å²) >= 11 is 0. The van der Waals surface area contributed by atoms with Crippen LogP contribution in [0.15, 0.2) is 0 Å². The number of nitrogens with one attached hydrogen (secondary N) is 1. The summed E-state index contributed by atoms with van der Waals surface area (Å²) < 4.78 is 0. The molecule has 0 aromatic heterocycles. The molecule has 3 N–H and O–H groups in total. The van der Waals surface area contributed by atoms with Crippen LogP contribution in [0.5, 0.6) is 0 Å². The molecule has 1 aliphatic rings. The van der Waals surface area contributed by atoms with Crippen molar-refractivity contribution >= 4 is 5.84 Å². The van der Waals surface area contributed by atoms with Crippen molar-refractivity contribution in [1.29, 1.82) is 5.41 Å². The number of hydrogen-bond donors (Lipinski definition) is 2. The van der Waals surface area contributed by atoms with Gasteiger partial charge < -0.3 is 5.73 Å². The topological polar surface area (TPSA) is 53.1 Å². The maximum absolute atomic E-state index is 7.21. The highest BCUT2D eigenvalue weighted by Crippen LogP contribution is 2.33. The van der Waals surface area contributed by atoms with Crippen LogP contribution in [0.3, 0.4) is 0 Å². The van der Waals surface area contributed by atoms with Gasteiger partial charge in [-0.15, -0.1) is 0 Å². The van der Waals surface area contributed by atoms with Gasteiger partial charge in [0.25, 0.3) is 0 Å². The van der Waals surface area contributed by atoms with Crippen LogP contribution in [0.25, 0.3) is 0 Å². The molecule has 3 nitrogen and oxygen atoms in total. The fraction of sp³-hybridized carbons (Fsp3) is 0.900. The van der Waals surface area contributed by atoms with E-state index in [1.54, 1.807) is 0 Å². The summed E-state index contributed by atoms with van der Waals surface area (Å²) in [5, 5.41) is 7.21. The maximum Gasteiger partial charge on any atom is 0.105 e. The summed E-state index contributed by atoms with van der Waals surface area (Å²) in [4.78, 5) is 2.28. The van der Waals surface area contributed by atoms with Gasteiger partial charge >= 0.3 is 0 Å². The fourth-order valence-electron chi connectivity index (χ4n) is 1.85. The highest BCUT2D eigenvalue weighted by Gasteiger charge is 2.27. The third-order valence-electron chi connectivity index (χ3n) is 3.31. The van der Waals surface area contributed by atoms with Gasteiger partial charge in [-0.25, -0.2) is 0 Å². The second kappa shape index (κ2) is 4.09. The van der Waals surface area contributed by atoms with Gasteiger partial charge in [0, 0.05) is 0 Å². The molecule has 0 unspecified atom stereocenters. The lowest BCUT2D eigenvalue weighted by molar-refractivity contribution is 0.127. The van der Waals surface area contributed by atoms with E-state index in [1.165, 1.54) is 19.3 Å². The Kier molecular flexibility index (Phi) is 3.31. The smallest absolute Gasteiger partial charge is 0.105 e. The molecule has 0 radical (unpaired) electrons. The third kappa shape index (κ3) is 2.99. The maximum atomic E-state index is 7.21. The van der Waals surface area contributed by atoms with E-state index in [9.17, 15) is 0 Å². The minimum absolute atomic E-state index is 0.292. The highest BCUT2D eigenvalue weighted by atomic mass is 15.1. The van der Waals surface area contributed by atoms with Gasteiger partial charge in [0.15, 0.2) is 0 Å². The van der Waals surface area contributed by atoms with Gasteiger partial charge in [-0.2, -0.15) is 0 Å². The van der Waals surface area contributed by atoms with Gasteiger partial charge in [-0.05, 0) is 31.3 Å². The molecule has 13 heavy (non-hydrogen) atoms. The van der Waals surface area contributed by atoms with Crippen LogP contribution < -0.4 is 5.73 Å². The molecule has 0 spiro atoms. The Balaban J connectivity index is 2.34. The summed E-state index contributed by atoms with van der Waals surface area (Å²) in [6.45, 7) is 7.48. The molecule has 0 amide bonds. The predicted molar refractivity (Wildman–Crippen MR) is 56.0 cm³/mol. The Bertz CT molecular complexity index is 181. The molecule has 1 fully saturated rings.